The lowest BCUT2D eigenvalue weighted by Crippen LogP contribution is -2.20. The third kappa shape index (κ3) is 5.44. The van der Waals surface area contributed by atoms with Crippen molar-refractivity contribution in [2.75, 3.05) is 12.9 Å². The number of carbonyl (C=O) groups excluding carboxylic acids is 1. The molecule has 34 heavy (non-hydrogen) atoms. The summed E-state index contributed by atoms with van der Waals surface area (Å²) in [5.74, 6) is 1.28. The van der Waals surface area contributed by atoms with Crippen LogP contribution in [0.1, 0.15) is 11.1 Å². The lowest BCUT2D eigenvalue weighted by atomic mass is 10.2. The maximum absolute atomic E-state index is 12.4. The predicted molar refractivity (Wildman–Crippen MR) is 133 cm³/mol. The standard InChI is InChI=1S/C25H23N5O3S/c1-17-7-11-20(12-8-17)30-24(18-9-13-21(33-2)14-10-18)28-29-25(30)34-16-23(32)27-26-15-19-5-3-4-6-22(19)31/h3-15,31H,16H2,1-2H3,(H,27,32)/b26-15+. The number of ether oxygens (including phenoxy) is 1. The highest BCUT2D eigenvalue weighted by molar-refractivity contribution is 7.99. The lowest BCUT2D eigenvalue weighted by molar-refractivity contribution is -0.118. The summed E-state index contributed by atoms with van der Waals surface area (Å²) in [5, 5.41) is 23.0. The van der Waals surface area contributed by atoms with Crippen molar-refractivity contribution in [1.29, 1.82) is 0 Å². The molecule has 9 heteroatoms. The number of nitrogens with zero attached hydrogens (tertiary/aromatic N) is 4. The molecule has 4 aromatic rings. The molecule has 0 saturated heterocycles. The Labute approximate surface area is 201 Å². The van der Waals surface area contributed by atoms with E-state index < -0.39 is 0 Å². The van der Waals surface area contributed by atoms with Gasteiger partial charge in [0.2, 0.25) is 0 Å². The summed E-state index contributed by atoms with van der Waals surface area (Å²) in [6.45, 7) is 2.02. The van der Waals surface area contributed by atoms with Gasteiger partial charge in [-0.15, -0.1) is 10.2 Å². The number of rotatable bonds is 8. The second-order valence-corrected chi connectivity index (χ2v) is 8.29. The maximum atomic E-state index is 12.4. The number of hydrazone groups is 1. The number of aromatic hydroxyl groups is 1. The first kappa shape index (κ1) is 23.1. The first-order valence-corrected chi connectivity index (χ1v) is 11.4. The van der Waals surface area contributed by atoms with Crippen LogP contribution >= 0.6 is 11.8 Å². The number of aryl methyl sites for hydroxylation is 1. The average Bonchev–Trinajstić information content (AvgIpc) is 3.28. The fourth-order valence-corrected chi connectivity index (χ4v) is 3.89. The third-order valence-corrected chi connectivity index (χ3v) is 5.86. The molecule has 0 aliphatic rings. The Morgan fingerprint density at radius 3 is 2.53 bits per heavy atom. The smallest absolute Gasteiger partial charge is 0.250 e. The van der Waals surface area contributed by atoms with Gasteiger partial charge in [-0.1, -0.05) is 41.6 Å². The highest BCUT2D eigenvalue weighted by atomic mass is 32.2. The van der Waals surface area contributed by atoms with Crippen molar-refractivity contribution in [3.63, 3.8) is 0 Å². The fraction of sp³-hybridized carbons (Fsp3) is 0.120. The number of nitrogens with one attached hydrogen (secondary N) is 1. The Morgan fingerprint density at radius 2 is 1.82 bits per heavy atom. The van der Waals surface area contributed by atoms with Gasteiger partial charge in [0.1, 0.15) is 11.5 Å². The molecule has 1 aromatic heterocycles. The molecule has 0 radical (unpaired) electrons. The van der Waals surface area contributed by atoms with E-state index in [4.69, 9.17) is 4.74 Å². The van der Waals surface area contributed by atoms with E-state index >= 15 is 0 Å². The Hall–Kier alpha value is -4.11. The summed E-state index contributed by atoms with van der Waals surface area (Å²) in [6, 6.07) is 22.3. The first-order chi connectivity index (χ1) is 16.5. The van der Waals surface area contributed by atoms with Gasteiger partial charge < -0.3 is 9.84 Å². The zero-order chi connectivity index (χ0) is 23.9. The summed E-state index contributed by atoms with van der Waals surface area (Å²) >= 11 is 1.26. The lowest BCUT2D eigenvalue weighted by Gasteiger charge is -2.11. The second kappa shape index (κ2) is 10.7. The van der Waals surface area contributed by atoms with Crippen molar-refractivity contribution in [3.8, 4) is 28.6 Å². The number of benzene rings is 3. The van der Waals surface area contributed by atoms with Crippen LogP contribution in [0.4, 0.5) is 0 Å². The van der Waals surface area contributed by atoms with Crippen LogP contribution in [-0.2, 0) is 4.79 Å². The normalized spacial score (nSPS) is 11.0. The summed E-state index contributed by atoms with van der Waals surface area (Å²) < 4.78 is 7.17. The molecule has 1 amide bonds. The number of phenols is 1. The van der Waals surface area contributed by atoms with E-state index in [1.165, 1.54) is 18.0 Å². The van der Waals surface area contributed by atoms with E-state index in [1.807, 2.05) is 60.0 Å². The molecule has 2 N–H and O–H groups in total. The Bertz CT molecular complexity index is 1300. The largest absolute Gasteiger partial charge is 0.507 e. The van der Waals surface area contributed by atoms with E-state index in [9.17, 15) is 9.90 Å². The molecule has 172 valence electrons. The second-order valence-electron chi connectivity index (χ2n) is 7.35. The van der Waals surface area contributed by atoms with Crippen molar-refractivity contribution < 1.29 is 14.6 Å². The molecule has 0 saturated carbocycles. The quantitative estimate of drug-likeness (QED) is 0.226. The Kier molecular flexibility index (Phi) is 7.24. The zero-order valence-corrected chi connectivity index (χ0v) is 19.5. The molecule has 0 spiro atoms. The first-order valence-electron chi connectivity index (χ1n) is 10.4. The Morgan fingerprint density at radius 1 is 1.09 bits per heavy atom. The fourth-order valence-electron chi connectivity index (χ4n) is 3.15. The van der Waals surface area contributed by atoms with Crippen molar-refractivity contribution in [1.82, 2.24) is 20.2 Å². The maximum Gasteiger partial charge on any atom is 0.250 e. The van der Waals surface area contributed by atoms with Crippen LogP contribution in [-0.4, -0.2) is 44.9 Å². The number of hydrogen-bond donors (Lipinski definition) is 2. The molecule has 0 fully saturated rings. The van der Waals surface area contributed by atoms with Crippen LogP contribution in [0.25, 0.3) is 17.1 Å². The molecule has 0 unspecified atom stereocenters. The van der Waals surface area contributed by atoms with E-state index in [1.54, 1.807) is 31.4 Å². The van der Waals surface area contributed by atoms with Gasteiger partial charge in [-0.3, -0.25) is 9.36 Å². The molecular weight excluding hydrogens is 450 g/mol. The van der Waals surface area contributed by atoms with Gasteiger partial charge in [-0.25, -0.2) is 5.43 Å². The summed E-state index contributed by atoms with van der Waals surface area (Å²) in [7, 11) is 1.62. The van der Waals surface area contributed by atoms with Crippen LogP contribution in [0.2, 0.25) is 0 Å². The molecular formula is C25H23N5O3S. The van der Waals surface area contributed by atoms with Crippen molar-refractivity contribution in [2.24, 2.45) is 5.10 Å². The van der Waals surface area contributed by atoms with Crippen molar-refractivity contribution in [2.45, 2.75) is 12.1 Å². The molecule has 3 aromatic carbocycles. The van der Waals surface area contributed by atoms with Crippen molar-refractivity contribution >= 4 is 23.9 Å². The highest BCUT2D eigenvalue weighted by Crippen LogP contribution is 2.29. The molecule has 0 aliphatic heterocycles. The van der Waals surface area contributed by atoms with Crippen LogP contribution in [0.15, 0.2) is 83.1 Å². The van der Waals surface area contributed by atoms with Gasteiger partial charge >= 0.3 is 0 Å². The predicted octanol–water partition coefficient (Wildman–Crippen LogP) is 4.20. The van der Waals surface area contributed by atoms with Gasteiger partial charge in [0.15, 0.2) is 11.0 Å². The van der Waals surface area contributed by atoms with Gasteiger partial charge in [0.25, 0.3) is 5.91 Å². The zero-order valence-electron chi connectivity index (χ0n) is 18.7. The topological polar surface area (TPSA) is 102 Å². The summed E-state index contributed by atoms with van der Waals surface area (Å²) in [6.07, 6.45) is 1.40. The molecule has 0 atom stereocenters. The Balaban J connectivity index is 1.53. The van der Waals surface area contributed by atoms with Crippen LogP contribution in [0.5, 0.6) is 11.5 Å². The van der Waals surface area contributed by atoms with Gasteiger partial charge in [-0.2, -0.15) is 5.10 Å². The SMILES string of the molecule is COc1ccc(-c2nnc(SCC(=O)N/N=C/c3ccccc3O)n2-c2ccc(C)cc2)cc1. The number of hydrogen-bond acceptors (Lipinski definition) is 7. The highest BCUT2D eigenvalue weighted by Gasteiger charge is 2.17. The number of thioether (sulfide) groups is 1. The van der Waals surface area contributed by atoms with Crippen LogP contribution in [0, 0.1) is 6.92 Å². The minimum atomic E-state index is -0.305. The van der Waals surface area contributed by atoms with E-state index in [-0.39, 0.29) is 17.4 Å². The third-order valence-electron chi connectivity index (χ3n) is 4.94. The molecule has 4 rings (SSSR count). The van der Waals surface area contributed by atoms with Gasteiger partial charge in [-0.05, 0) is 55.5 Å². The molecule has 8 nitrogen and oxygen atoms in total. The number of methoxy groups -OCH3 is 1. The number of aromatic nitrogens is 3. The number of amides is 1. The molecule has 0 aliphatic carbocycles. The monoisotopic (exact) mass is 473 g/mol. The molecule has 1 heterocycles. The number of carbonyl (C=O) groups is 1. The van der Waals surface area contributed by atoms with Gasteiger partial charge in [0, 0.05) is 16.8 Å². The summed E-state index contributed by atoms with van der Waals surface area (Å²) in [4.78, 5) is 12.4. The number of phenolic OH excluding ortho intramolecular Hbond substituents is 1. The van der Waals surface area contributed by atoms with E-state index in [2.05, 4.69) is 20.7 Å². The van der Waals surface area contributed by atoms with Gasteiger partial charge in [0.05, 0.1) is 19.1 Å². The van der Waals surface area contributed by atoms with E-state index in [0.29, 0.717) is 16.5 Å². The van der Waals surface area contributed by atoms with Crippen LogP contribution < -0.4 is 10.2 Å². The minimum Gasteiger partial charge on any atom is -0.507 e. The average molecular weight is 474 g/mol. The van der Waals surface area contributed by atoms with Crippen LogP contribution in [0.3, 0.4) is 0 Å². The number of para-hydroxylation sites is 1. The summed E-state index contributed by atoms with van der Waals surface area (Å²) in [5.41, 5.74) is 5.89. The minimum absolute atomic E-state index is 0.0880. The molecule has 0 bridgehead atoms. The van der Waals surface area contributed by atoms with Crippen molar-refractivity contribution in [3.05, 3.63) is 83.9 Å². The van der Waals surface area contributed by atoms with E-state index in [0.717, 1.165) is 22.6 Å².